The van der Waals surface area contributed by atoms with Crippen LogP contribution in [0.5, 0.6) is 0 Å². The van der Waals surface area contributed by atoms with Gasteiger partial charge in [-0.2, -0.15) is 0 Å². The minimum atomic E-state index is -0.626. The van der Waals surface area contributed by atoms with Crippen molar-refractivity contribution in [3.05, 3.63) is 29.8 Å². The summed E-state index contributed by atoms with van der Waals surface area (Å²) in [5.41, 5.74) is 6.67. The van der Waals surface area contributed by atoms with Crippen molar-refractivity contribution in [2.45, 2.75) is 12.0 Å². The summed E-state index contributed by atoms with van der Waals surface area (Å²) >= 11 is 0. The number of carbonyl (C=O) groups is 2. The minimum absolute atomic E-state index is 0.0918. The number of hydrogen-bond donors (Lipinski definition) is 2. The van der Waals surface area contributed by atoms with Crippen LogP contribution in [0.15, 0.2) is 24.3 Å². The van der Waals surface area contributed by atoms with Crippen LogP contribution in [0.1, 0.15) is 16.8 Å². The number of ether oxygens (including phenoxy) is 1. The van der Waals surface area contributed by atoms with Crippen molar-refractivity contribution in [1.29, 1.82) is 0 Å². The zero-order valence-corrected chi connectivity index (χ0v) is 11.7. The average molecular weight is 277 g/mol. The Kier molecular flexibility index (Phi) is 4.06. The summed E-state index contributed by atoms with van der Waals surface area (Å²) in [6, 6.07) is 7.01. The van der Waals surface area contributed by atoms with Crippen molar-refractivity contribution in [2.24, 2.45) is 5.73 Å². The quantitative estimate of drug-likeness (QED) is 0.817. The minimum Gasteiger partial charge on any atom is -0.378 e. The summed E-state index contributed by atoms with van der Waals surface area (Å²) in [5.74, 6) is -0.790. The second-order valence-corrected chi connectivity index (χ2v) is 5.35. The molecule has 2 amide bonds. The number of imide groups is 1. The number of nitrogens with zero attached hydrogens (tertiary/aromatic N) is 1. The highest BCUT2D eigenvalue weighted by molar-refractivity contribution is 6.05. The molecule has 0 unspecified atom stereocenters. The fraction of sp³-hybridized carbons (Fsp3) is 0.429. The van der Waals surface area contributed by atoms with Crippen LogP contribution in [-0.2, 0) is 9.53 Å². The normalized spacial score (nSPS) is 16.1. The van der Waals surface area contributed by atoms with E-state index >= 15 is 0 Å². The smallest absolute Gasteiger partial charge is 0.257 e. The molecule has 0 aromatic heterocycles. The van der Waals surface area contributed by atoms with Crippen molar-refractivity contribution in [1.82, 2.24) is 5.32 Å². The molecule has 6 heteroatoms. The van der Waals surface area contributed by atoms with E-state index in [1.165, 1.54) is 0 Å². The number of nitrogens with two attached hydrogens (primary N) is 1. The van der Waals surface area contributed by atoms with Crippen LogP contribution in [0.3, 0.4) is 0 Å². The maximum absolute atomic E-state index is 11.9. The van der Waals surface area contributed by atoms with Crippen LogP contribution < -0.4 is 16.0 Å². The summed E-state index contributed by atoms with van der Waals surface area (Å²) in [6.45, 7) is 0.707. The van der Waals surface area contributed by atoms with Gasteiger partial charge < -0.3 is 15.4 Å². The Morgan fingerprint density at radius 1 is 1.30 bits per heavy atom. The molecule has 6 nitrogen and oxygen atoms in total. The molecule has 1 aromatic carbocycles. The lowest BCUT2D eigenvalue weighted by atomic mass is 9.94. The molecule has 20 heavy (non-hydrogen) atoms. The summed E-state index contributed by atoms with van der Waals surface area (Å²) in [5, 5.41) is 2.34. The Labute approximate surface area is 117 Å². The standard InChI is InChI=1S/C14H19N3O3/c1-17(2)11-5-3-10(4-6-11)13(19)16-12(18)7-14(15)8-20-9-14/h3-6H,7-9,15H2,1-2H3,(H,16,18,19). The highest BCUT2D eigenvalue weighted by atomic mass is 16.5. The monoisotopic (exact) mass is 277 g/mol. The van der Waals surface area contributed by atoms with Crippen molar-refractivity contribution in [3.8, 4) is 0 Å². The maximum Gasteiger partial charge on any atom is 0.257 e. The SMILES string of the molecule is CN(C)c1ccc(C(=O)NC(=O)CC2(N)COC2)cc1. The van der Waals surface area contributed by atoms with Gasteiger partial charge in [-0.1, -0.05) is 0 Å². The van der Waals surface area contributed by atoms with Crippen LogP contribution >= 0.6 is 0 Å². The predicted octanol–water partition coefficient (Wildman–Crippen LogP) is 0.127. The first-order valence-corrected chi connectivity index (χ1v) is 6.38. The molecular formula is C14H19N3O3. The third-order valence-electron chi connectivity index (χ3n) is 3.19. The number of nitrogens with one attached hydrogen (secondary N) is 1. The molecule has 0 atom stereocenters. The Balaban J connectivity index is 1.92. The van der Waals surface area contributed by atoms with E-state index in [0.717, 1.165) is 5.69 Å². The predicted molar refractivity (Wildman–Crippen MR) is 75.6 cm³/mol. The summed E-state index contributed by atoms with van der Waals surface area (Å²) in [4.78, 5) is 25.6. The lowest BCUT2D eigenvalue weighted by Gasteiger charge is -2.36. The topological polar surface area (TPSA) is 84.7 Å². The molecule has 1 aliphatic heterocycles. The highest BCUT2D eigenvalue weighted by Crippen LogP contribution is 2.17. The number of amides is 2. The fourth-order valence-corrected chi connectivity index (χ4v) is 1.94. The number of benzene rings is 1. The van der Waals surface area contributed by atoms with Crippen molar-refractivity contribution in [2.75, 3.05) is 32.2 Å². The van der Waals surface area contributed by atoms with E-state index in [-0.39, 0.29) is 12.3 Å². The molecule has 1 saturated heterocycles. The van der Waals surface area contributed by atoms with Gasteiger partial charge in [0.25, 0.3) is 5.91 Å². The van der Waals surface area contributed by atoms with Gasteiger partial charge in [-0.15, -0.1) is 0 Å². The molecule has 1 fully saturated rings. The fourth-order valence-electron chi connectivity index (χ4n) is 1.94. The Morgan fingerprint density at radius 2 is 1.90 bits per heavy atom. The van der Waals surface area contributed by atoms with Crippen LogP contribution in [-0.4, -0.2) is 44.7 Å². The molecule has 1 aliphatic rings. The van der Waals surface area contributed by atoms with E-state index in [0.29, 0.717) is 18.8 Å². The van der Waals surface area contributed by atoms with E-state index in [9.17, 15) is 9.59 Å². The largest absolute Gasteiger partial charge is 0.378 e. The van der Waals surface area contributed by atoms with Gasteiger partial charge >= 0.3 is 0 Å². The average Bonchev–Trinajstić information content (AvgIpc) is 2.36. The number of anilines is 1. The lowest BCUT2D eigenvalue weighted by molar-refractivity contribution is -0.127. The molecule has 2 rings (SSSR count). The molecule has 0 saturated carbocycles. The van der Waals surface area contributed by atoms with Crippen molar-refractivity contribution in [3.63, 3.8) is 0 Å². The first-order chi connectivity index (χ1) is 9.39. The summed E-state index contributed by atoms with van der Waals surface area (Å²) < 4.78 is 4.97. The molecule has 0 spiro atoms. The first kappa shape index (κ1) is 14.5. The van der Waals surface area contributed by atoms with Gasteiger partial charge in [-0.05, 0) is 24.3 Å². The zero-order chi connectivity index (χ0) is 14.8. The number of hydrogen-bond acceptors (Lipinski definition) is 5. The Bertz CT molecular complexity index is 507. The third-order valence-corrected chi connectivity index (χ3v) is 3.19. The second-order valence-electron chi connectivity index (χ2n) is 5.35. The van der Waals surface area contributed by atoms with Crippen LogP contribution in [0.4, 0.5) is 5.69 Å². The molecule has 0 bridgehead atoms. The van der Waals surface area contributed by atoms with Gasteiger partial charge in [-0.25, -0.2) is 0 Å². The Morgan fingerprint density at radius 3 is 2.35 bits per heavy atom. The van der Waals surface area contributed by atoms with E-state index in [1.54, 1.807) is 12.1 Å². The van der Waals surface area contributed by atoms with Crippen LogP contribution in [0.2, 0.25) is 0 Å². The summed E-state index contributed by atoms with van der Waals surface area (Å²) in [6.07, 6.45) is 0.0918. The first-order valence-electron chi connectivity index (χ1n) is 6.38. The lowest BCUT2D eigenvalue weighted by Crippen LogP contribution is -2.59. The van der Waals surface area contributed by atoms with Gasteiger partial charge in [0, 0.05) is 31.8 Å². The van der Waals surface area contributed by atoms with Gasteiger partial charge in [0.15, 0.2) is 0 Å². The third kappa shape index (κ3) is 3.34. The van der Waals surface area contributed by atoms with Crippen molar-refractivity contribution >= 4 is 17.5 Å². The van der Waals surface area contributed by atoms with E-state index in [1.807, 2.05) is 31.1 Å². The molecule has 1 aromatic rings. The van der Waals surface area contributed by atoms with E-state index < -0.39 is 11.4 Å². The van der Waals surface area contributed by atoms with Gasteiger partial charge in [0.05, 0.1) is 18.8 Å². The van der Waals surface area contributed by atoms with E-state index in [2.05, 4.69) is 5.32 Å². The molecule has 108 valence electrons. The van der Waals surface area contributed by atoms with Crippen LogP contribution in [0, 0.1) is 0 Å². The molecule has 3 N–H and O–H groups in total. The second kappa shape index (κ2) is 5.60. The molecule has 0 radical (unpaired) electrons. The summed E-state index contributed by atoms with van der Waals surface area (Å²) in [7, 11) is 3.83. The van der Waals surface area contributed by atoms with E-state index in [4.69, 9.17) is 10.5 Å². The highest BCUT2D eigenvalue weighted by Gasteiger charge is 2.36. The number of carbonyl (C=O) groups excluding carboxylic acids is 2. The van der Waals surface area contributed by atoms with Gasteiger partial charge in [-0.3, -0.25) is 14.9 Å². The Hall–Kier alpha value is -1.92. The number of rotatable bonds is 4. The maximum atomic E-state index is 11.9. The molecule has 0 aliphatic carbocycles. The van der Waals surface area contributed by atoms with Gasteiger partial charge in [0.2, 0.25) is 5.91 Å². The van der Waals surface area contributed by atoms with Crippen LogP contribution in [0.25, 0.3) is 0 Å². The molecule has 1 heterocycles. The van der Waals surface area contributed by atoms with Crippen molar-refractivity contribution < 1.29 is 14.3 Å². The zero-order valence-electron chi connectivity index (χ0n) is 11.7. The molecular weight excluding hydrogens is 258 g/mol. The van der Waals surface area contributed by atoms with Gasteiger partial charge in [0.1, 0.15) is 0 Å².